The molecule has 6 heteroatoms. The average molecular weight is 291 g/mol. The molecule has 114 valence electrons. The number of halogens is 3. The van der Waals surface area contributed by atoms with Crippen LogP contribution in [0.25, 0.3) is 0 Å². The van der Waals surface area contributed by atoms with Crippen LogP contribution in [0.5, 0.6) is 5.75 Å². The summed E-state index contributed by atoms with van der Waals surface area (Å²) >= 11 is 0. The molecule has 3 N–H and O–H groups in total. The summed E-state index contributed by atoms with van der Waals surface area (Å²) in [5.74, 6) is -0.0216. The number of ether oxygens (including phenoxy) is 1. The van der Waals surface area contributed by atoms with Crippen molar-refractivity contribution in [2.45, 2.75) is 38.6 Å². The molecule has 3 atom stereocenters. The van der Waals surface area contributed by atoms with Crippen LogP contribution >= 0.6 is 0 Å². The van der Waals surface area contributed by atoms with Crippen molar-refractivity contribution in [1.29, 1.82) is 0 Å². The number of aliphatic hydroxyl groups excluding tert-OH is 1. The van der Waals surface area contributed by atoms with Crippen molar-refractivity contribution in [2.75, 3.05) is 7.11 Å². The molecule has 0 aliphatic rings. The van der Waals surface area contributed by atoms with Crippen LogP contribution in [0.1, 0.15) is 37.4 Å². The second kappa shape index (κ2) is 6.45. The van der Waals surface area contributed by atoms with Crippen LogP contribution in [-0.2, 0) is 6.18 Å². The van der Waals surface area contributed by atoms with Crippen LogP contribution in [-0.4, -0.2) is 18.3 Å². The van der Waals surface area contributed by atoms with Gasteiger partial charge in [0.1, 0.15) is 5.75 Å². The van der Waals surface area contributed by atoms with Crippen molar-refractivity contribution in [3.05, 3.63) is 29.3 Å². The van der Waals surface area contributed by atoms with Gasteiger partial charge in [-0.3, -0.25) is 0 Å². The molecule has 0 aliphatic heterocycles. The Kier molecular flexibility index (Phi) is 5.42. The third-order valence-electron chi connectivity index (χ3n) is 3.51. The summed E-state index contributed by atoms with van der Waals surface area (Å²) in [7, 11) is 1.28. The van der Waals surface area contributed by atoms with E-state index in [-0.39, 0.29) is 11.7 Å². The fraction of sp³-hybridized carbons (Fsp3) is 0.571. The molecule has 0 spiro atoms. The first kappa shape index (κ1) is 16.8. The molecular weight excluding hydrogens is 271 g/mol. The molecule has 0 fully saturated rings. The molecule has 0 aliphatic carbocycles. The molecule has 3 nitrogen and oxygen atoms in total. The molecule has 20 heavy (non-hydrogen) atoms. The Labute approximate surface area is 116 Å². The molecule has 0 saturated heterocycles. The minimum Gasteiger partial charge on any atom is -0.496 e. The fourth-order valence-electron chi connectivity index (χ4n) is 1.94. The van der Waals surface area contributed by atoms with Crippen LogP contribution in [0.15, 0.2) is 18.2 Å². The molecule has 1 rings (SSSR count). The van der Waals surface area contributed by atoms with Gasteiger partial charge in [0.25, 0.3) is 0 Å². The highest BCUT2D eigenvalue weighted by molar-refractivity contribution is 5.41. The molecule has 0 bridgehead atoms. The predicted octanol–water partition coefficient (Wildman–Crippen LogP) is 3.12. The summed E-state index contributed by atoms with van der Waals surface area (Å²) in [5.41, 5.74) is 5.51. The molecular formula is C14H20F3NO2. The predicted molar refractivity (Wildman–Crippen MR) is 70.4 cm³/mol. The zero-order chi connectivity index (χ0) is 15.5. The highest BCUT2D eigenvalue weighted by Crippen LogP contribution is 2.36. The number of methoxy groups -OCH3 is 1. The molecule has 0 aromatic heterocycles. The van der Waals surface area contributed by atoms with Gasteiger partial charge in [0.2, 0.25) is 0 Å². The first-order valence-electron chi connectivity index (χ1n) is 6.41. The van der Waals surface area contributed by atoms with E-state index < -0.39 is 23.9 Å². The third-order valence-corrected chi connectivity index (χ3v) is 3.51. The Bertz CT molecular complexity index is 449. The lowest BCUT2D eigenvalue weighted by atomic mass is 9.90. The standard InChI is InChI=1S/C14H20F3NO2/c1-4-8(2)13(19)12(18)10-6-5-9(14(15,16)17)7-11(10)20-3/h5-8,12-13,19H,4,18H2,1-3H3/t8?,12-,13+/m1/s1. The highest BCUT2D eigenvalue weighted by Gasteiger charge is 2.32. The maximum absolute atomic E-state index is 12.6. The summed E-state index contributed by atoms with van der Waals surface area (Å²) in [4.78, 5) is 0. The smallest absolute Gasteiger partial charge is 0.416 e. The molecule has 0 amide bonds. The Balaban J connectivity index is 3.13. The lowest BCUT2D eigenvalue weighted by molar-refractivity contribution is -0.137. The van der Waals surface area contributed by atoms with Gasteiger partial charge in [-0.1, -0.05) is 26.3 Å². The zero-order valence-corrected chi connectivity index (χ0v) is 11.7. The van der Waals surface area contributed by atoms with E-state index in [0.717, 1.165) is 18.6 Å². The number of rotatable bonds is 5. The summed E-state index contributed by atoms with van der Waals surface area (Å²) in [6.07, 6.45) is -4.56. The van der Waals surface area contributed by atoms with E-state index in [2.05, 4.69) is 0 Å². The van der Waals surface area contributed by atoms with E-state index in [1.807, 2.05) is 13.8 Å². The van der Waals surface area contributed by atoms with E-state index in [1.54, 1.807) is 0 Å². The van der Waals surface area contributed by atoms with Crippen LogP contribution in [0.2, 0.25) is 0 Å². The Hall–Kier alpha value is -1.27. The van der Waals surface area contributed by atoms with Gasteiger partial charge < -0.3 is 15.6 Å². The monoisotopic (exact) mass is 291 g/mol. The van der Waals surface area contributed by atoms with E-state index in [1.165, 1.54) is 13.2 Å². The van der Waals surface area contributed by atoms with Gasteiger partial charge in [0.05, 0.1) is 24.8 Å². The molecule has 1 unspecified atom stereocenters. The minimum atomic E-state index is -4.44. The SMILES string of the molecule is CCC(C)[C@H](O)[C@H](N)c1ccc(C(F)(F)F)cc1OC. The van der Waals surface area contributed by atoms with Crippen molar-refractivity contribution in [1.82, 2.24) is 0 Å². The number of benzene rings is 1. The van der Waals surface area contributed by atoms with Gasteiger partial charge in [-0.05, 0) is 18.1 Å². The van der Waals surface area contributed by atoms with Gasteiger partial charge in [-0.15, -0.1) is 0 Å². The Morgan fingerprint density at radius 3 is 2.40 bits per heavy atom. The third kappa shape index (κ3) is 3.64. The summed E-state index contributed by atoms with van der Waals surface area (Å²) < 4.78 is 42.9. The van der Waals surface area contributed by atoms with Crippen LogP contribution < -0.4 is 10.5 Å². The van der Waals surface area contributed by atoms with Crippen molar-refractivity contribution in [2.24, 2.45) is 11.7 Å². The number of nitrogens with two attached hydrogens (primary N) is 1. The summed E-state index contributed by atoms with van der Waals surface area (Å²) in [5, 5.41) is 10.1. The number of aliphatic hydroxyl groups is 1. The van der Waals surface area contributed by atoms with Crippen molar-refractivity contribution in [3.63, 3.8) is 0 Å². The van der Waals surface area contributed by atoms with Crippen molar-refractivity contribution < 1.29 is 23.0 Å². The summed E-state index contributed by atoms with van der Waals surface area (Å²) in [6, 6.07) is 2.32. The molecule has 1 aromatic rings. The topological polar surface area (TPSA) is 55.5 Å². The van der Waals surface area contributed by atoms with Crippen molar-refractivity contribution in [3.8, 4) is 5.75 Å². The number of alkyl halides is 3. The average Bonchev–Trinajstić information content (AvgIpc) is 2.43. The molecule has 0 radical (unpaired) electrons. The van der Waals surface area contributed by atoms with Gasteiger partial charge in [0, 0.05) is 5.56 Å². The van der Waals surface area contributed by atoms with Gasteiger partial charge >= 0.3 is 6.18 Å². The second-order valence-corrected chi connectivity index (χ2v) is 4.86. The molecule has 0 saturated carbocycles. The van der Waals surface area contributed by atoms with Crippen LogP contribution in [0.3, 0.4) is 0 Å². The van der Waals surface area contributed by atoms with E-state index in [0.29, 0.717) is 5.56 Å². The number of hydrogen-bond donors (Lipinski definition) is 2. The number of hydrogen-bond acceptors (Lipinski definition) is 3. The normalized spacial score (nSPS) is 16.6. The van der Waals surface area contributed by atoms with Crippen LogP contribution in [0.4, 0.5) is 13.2 Å². The lowest BCUT2D eigenvalue weighted by Crippen LogP contribution is -2.32. The maximum atomic E-state index is 12.6. The second-order valence-electron chi connectivity index (χ2n) is 4.86. The molecule has 0 heterocycles. The lowest BCUT2D eigenvalue weighted by Gasteiger charge is -2.26. The largest absolute Gasteiger partial charge is 0.496 e. The quantitative estimate of drug-likeness (QED) is 0.876. The van der Waals surface area contributed by atoms with E-state index in [4.69, 9.17) is 10.5 Å². The van der Waals surface area contributed by atoms with Crippen LogP contribution in [0, 0.1) is 5.92 Å². The Morgan fingerprint density at radius 1 is 1.35 bits per heavy atom. The van der Waals surface area contributed by atoms with Crippen molar-refractivity contribution >= 4 is 0 Å². The highest BCUT2D eigenvalue weighted by atomic mass is 19.4. The van der Waals surface area contributed by atoms with E-state index >= 15 is 0 Å². The fourth-order valence-corrected chi connectivity index (χ4v) is 1.94. The maximum Gasteiger partial charge on any atom is 0.416 e. The van der Waals surface area contributed by atoms with E-state index in [9.17, 15) is 18.3 Å². The summed E-state index contributed by atoms with van der Waals surface area (Å²) in [6.45, 7) is 3.74. The van der Waals surface area contributed by atoms with Gasteiger partial charge in [-0.25, -0.2) is 0 Å². The zero-order valence-electron chi connectivity index (χ0n) is 11.7. The first-order valence-corrected chi connectivity index (χ1v) is 6.41. The molecule has 1 aromatic carbocycles. The Morgan fingerprint density at radius 2 is 1.95 bits per heavy atom. The van der Waals surface area contributed by atoms with Gasteiger partial charge in [0.15, 0.2) is 0 Å². The minimum absolute atomic E-state index is 0.0367. The first-order chi connectivity index (χ1) is 9.22. The van der Waals surface area contributed by atoms with Gasteiger partial charge in [-0.2, -0.15) is 13.2 Å².